The summed E-state index contributed by atoms with van der Waals surface area (Å²) in [6.45, 7) is 12.0. The van der Waals surface area contributed by atoms with Crippen LogP contribution in [0, 0.1) is 11.8 Å². The zero-order valence-corrected chi connectivity index (χ0v) is 11.0. The molecule has 92 valence electrons. The van der Waals surface area contributed by atoms with Gasteiger partial charge in [0.05, 0.1) is 6.20 Å². The molecule has 0 saturated heterocycles. The lowest BCUT2D eigenvalue weighted by atomic mass is 10.1. The third-order valence-corrected chi connectivity index (χ3v) is 2.47. The summed E-state index contributed by atoms with van der Waals surface area (Å²) in [5.41, 5.74) is 1.28. The molecule has 3 heteroatoms. The lowest BCUT2D eigenvalue weighted by Crippen LogP contribution is -2.15. The topological polar surface area (TPSA) is 29.9 Å². The average Bonchev–Trinajstić information content (AvgIpc) is 2.59. The van der Waals surface area contributed by atoms with Crippen molar-refractivity contribution in [2.75, 3.05) is 6.54 Å². The highest BCUT2D eigenvalue weighted by Crippen LogP contribution is 2.02. The van der Waals surface area contributed by atoms with Crippen LogP contribution in [0.25, 0.3) is 0 Å². The Hall–Kier alpha value is -0.830. The highest BCUT2D eigenvalue weighted by Gasteiger charge is 2.00. The Balaban J connectivity index is 2.24. The number of rotatable bonds is 7. The molecule has 1 N–H and O–H groups in total. The Labute approximate surface area is 99.2 Å². The molecule has 0 aliphatic carbocycles. The number of hydrogen-bond acceptors (Lipinski definition) is 2. The lowest BCUT2D eigenvalue weighted by Gasteiger charge is -2.05. The standard InChI is InChI=1S/C13H25N3/c1-11(2)5-6-14-7-13-8-15-16(10-13)9-12(3)4/h8,10-12,14H,5-7,9H2,1-4H3. The second kappa shape index (κ2) is 6.69. The molecule has 0 unspecified atom stereocenters. The summed E-state index contributed by atoms with van der Waals surface area (Å²) in [5, 5.41) is 7.79. The van der Waals surface area contributed by atoms with Gasteiger partial charge in [-0.2, -0.15) is 5.10 Å². The smallest absolute Gasteiger partial charge is 0.0534 e. The molecule has 0 aromatic carbocycles. The van der Waals surface area contributed by atoms with E-state index in [-0.39, 0.29) is 0 Å². The maximum Gasteiger partial charge on any atom is 0.0534 e. The van der Waals surface area contributed by atoms with Crippen molar-refractivity contribution in [2.45, 2.75) is 47.2 Å². The molecule has 1 rings (SSSR count). The van der Waals surface area contributed by atoms with Crippen LogP contribution in [-0.2, 0) is 13.1 Å². The summed E-state index contributed by atoms with van der Waals surface area (Å²) in [6.07, 6.45) is 5.34. The van der Waals surface area contributed by atoms with E-state index in [1.165, 1.54) is 12.0 Å². The van der Waals surface area contributed by atoms with Crippen LogP contribution < -0.4 is 5.32 Å². The molecular formula is C13H25N3. The highest BCUT2D eigenvalue weighted by molar-refractivity contribution is 5.03. The summed E-state index contributed by atoms with van der Waals surface area (Å²) < 4.78 is 2.03. The summed E-state index contributed by atoms with van der Waals surface area (Å²) in [7, 11) is 0. The molecule has 0 radical (unpaired) electrons. The fourth-order valence-corrected chi connectivity index (χ4v) is 1.60. The first kappa shape index (κ1) is 13.2. The van der Waals surface area contributed by atoms with Crippen LogP contribution >= 0.6 is 0 Å². The Morgan fingerprint density at radius 2 is 2.00 bits per heavy atom. The number of hydrogen-bond donors (Lipinski definition) is 1. The van der Waals surface area contributed by atoms with Crippen LogP contribution in [-0.4, -0.2) is 16.3 Å². The van der Waals surface area contributed by atoms with Crippen molar-refractivity contribution >= 4 is 0 Å². The Morgan fingerprint density at radius 3 is 2.62 bits per heavy atom. The third kappa shape index (κ3) is 5.31. The van der Waals surface area contributed by atoms with E-state index in [0.717, 1.165) is 25.6 Å². The van der Waals surface area contributed by atoms with E-state index in [9.17, 15) is 0 Å². The van der Waals surface area contributed by atoms with Crippen molar-refractivity contribution in [2.24, 2.45) is 11.8 Å². The van der Waals surface area contributed by atoms with Gasteiger partial charge in [-0.25, -0.2) is 0 Å². The van der Waals surface area contributed by atoms with Gasteiger partial charge in [0.25, 0.3) is 0 Å². The van der Waals surface area contributed by atoms with Crippen molar-refractivity contribution in [3.63, 3.8) is 0 Å². The molecule has 0 atom stereocenters. The van der Waals surface area contributed by atoms with Crippen LogP contribution in [0.5, 0.6) is 0 Å². The van der Waals surface area contributed by atoms with E-state index in [1.54, 1.807) is 0 Å². The Bertz CT molecular complexity index is 289. The molecule has 0 amide bonds. The van der Waals surface area contributed by atoms with Gasteiger partial charge in [0.1, 0.15) is 0 Å². The molecule has 1 heterocycles. The van der Waals surface area contributed by atoms with Crippen LogP contribution in [0.1, 0.15) is 39.7 Å². The van der Waals surface area contributed by atoms with E-state index in [4.69, 9.17) is 0 Å². The maximum absolute atomic E-state index is 4.35. The Kier molecular flexibility index (Phi) is 5.53. The minimum Gasteiger partial charge on any atom is -0.313 e. The maximum atomic E-state index is 4.35. The van der Waals surface area contributed by atoms with Gasteiger partial charge in [-0.05, 0) is 24.8 Å². The van der Waals surface area contributed by atoms with Crippen LogP contribution in [0.3, 0.4) is 0 Å². The molecular weight excluding hydrogens is 198 g/mol. The molecule has 0 spiro atoms. The summed E-state index contributed by atoms with van der Waals surface area (Å²) in [5.74, 6) is 1.43. The number of aromatic nitrogens is 2. The van der Waals surface area contributed by atoms with Gasteiger partial charge in [0.15, 0.2) is 0 Å². The van der Waals surface area contributed by atoms with Crippen LogP contribution in [0.4, 0.5) is 0 Å². The first-order valence-electron chi connectivity index (χ1n) is 6.30. The summed E-state index contributed by atoms with van der Waals surface area (Å²) >= 11 is 0. The first-order valence-corrected chi connectivity index (χ1v) is 6.30. The zero-order chi connectivity index (χ0) is 12.0. The molecule has 0 aliphatic rings. The van der Waals surface area contributed by atoms with Gasteiger partial charge >= 0.3 is 0 Å². The molecule has 0 saturated carbocycles. The molecule has 3 nitrogen and oxygen atoms in total. The van der Waals surface area contributed by atoms with E-state index in [2.05, 4.69) is 44.3 Å². The third-order valence-electron chi connectivity index (χ3n) is 2.47. The minimum atomic E-state index is 0.654. The van der Waals surface area contributed by atoms with Gasteiger partial charge in [0, 0.05) is 24.8 Å². The van der Waals surface area contributed by atoms with E-state index in [1.807, 2.05) is 10.9 Å². The largest absolute Gasteiger partial charge is 0.313 e. The first-order chi connectivity index (χ1) is 7.58. The van der Waals surface area contributed by atoms with Gasteiger partial charge < -0.3 is 5.32 Å². The predicted octanol–water partition coefficient (Wildman–Crippen LogP) is 2.67. The summed E-state index contributed by atoms with van der Waals surface area (Å²) in [4.78, 5) is 0. The zero-order valence-electron chi connectivity index (χ0n) is 11.0. The van der Waals surface area contributed by atoms with Crippen molar-refractivity contribution in [1.82, 2.24) is 15.1 Å². The molecule has 0 aliphatic heterocycles. The van der Waals surface area contributed by atoms with Crippen molar-refractivity contribution in [1.29, 1.82) is 0 Å². The quantitative estimate of drug-likeness (QED) is 0.720. The van der Waals surface area contributed by atoms with Crippen molar-refractivity contribution in [3.8, 4) is 0 Å². The van der Waals surface area contributed by atoms with Crippen molar-refractivity contribution < 1.29 is 0 Å². The monoisotopic (exact) mass is 223 g/mol. The SMILES string of the molecule is CC(C)CCNCc1cnn(CC(C)C)c1. The highest BCUT2D eigenvalue weighted by atomic mass is 15.3. The normalized spacial score (nSPS) is 11.6. The minimum absolute atomic E-state index is 0.654. The number of nitrogens with zero attached hydrogens (tertiary/aromatic N) is 2. The van der Waals surface area contributed by atoms with E-state index < -0.39 is 0 Å². The second-order valence-electron chi connectivity index (χ2n) is 5.32. The fraction of sp³-hybridized carbons (Fsp3) is 0.769. The second-order valence-corrected chi connectivity index (χ2v) is 5.32. The summed E-state index contributed by atoms with van der Waals surface area (Å²) in [6, 6.07) is 0. The molecule has 1 aromatic rings. The molecule has 1 aromatic heterocycles. The lowest BCUT2D eigenvalue weighted by molar-refractivity contribution is 0.482. The van der Waals surface area contributed by atoms with Gasteiger partial charge in [-0.1, -0.05) is 27.7 Å². The van der Waals surface area contributed by atoms with Crippen LogP contribution in [0.15, 0.2) is 12.4 Å². The average molecular weight is 223 g/mol. The van der Waals surface area contributed by atoms with Gasteiger partial charge in [-0.3, -0.25) is 4.68 Å². The predicted molar refractivity (Wildman–Crippen MR) is 68.2 cm³/mol. The Morgan fingerprint density at radius 1 is 1.25 bits per heavy atom. The molecule has 16 heavy (non-hydrogen) atoms. The molecule has 0 bridgehead atoms. The van der Waals surface area contributed by atoms with Gasteiger partial charge in [0.2, 0.25) is 0 Å². The molecule has 0 fully saturated rings. The van der Waals surface area contributed by atoms with E-state index in [0.29, 0.717) is 5.92 Å². The fourth-order valence-electron chi connectivity index (χ4n) is 1.60. The number of nitrogens with one attached hydrogen (secondary N) is 1. The van der Waals surface area contributed by atoms with Gasteiger partial charge in [-0.15, -0.1) is 0 Å². The van der Waals surface area contributed by atoms with Crippen molar-refractivity contribution in [3.05, 3.63) is 18.0 Å². The van der Waals surface area contributed by atoms with E-state index >= 15 is 0 Å². The van der Waals surface area contributed by atoms with Crippen LogP contribution in [0.2, 0.25) is 0 Å².